The molecule has 2 rings (SSSR count). The maximum atomic E-state index is 3.55. The monoisotopic (exact) mass is 260 g/mol. The molecule has 1 aliphatic carbocycles. The third-order valence-corrected chi connectivity index (χ3v) is 3.95. The van der Waals surface area contributed by atoms with Gasteiger partial charge in [0.05, 0.1) is 0 Å². The lowest BCUT2D eigenvalue weighted by Crippen LogP contribution is -2.32. The number of nitrogens with zero attached hydrogens (tertiary/aromatic N) is 1. The van der Waals surface area contributed by atoms with Crippen molar-refractivity contribution in [1.82, 2.24) is 10.2 Å². The summed E-state index contributed by atoms with van der Waals surface area (Å²) in [5.74, 6) is 0.870. The normalized spacial score (nSPS) is 15.1. The van der Waals surface area contributed by atoms with Crippen molar-refractivity contribution in [2.24, 2.45) is 0 Å². The van der Waals surface area contributed by atoms with Crippen LogP contribution in [0.1, 0.15) is 50.2 Å². The lowest BCUT2D eigenvalue weighted by molar-refractivity contribution is 0.287. The number of likely N-dealkylation sites (N-methyl/N-ethyl adjacent to an activating group) is 1. The quantitative estimate of drug-likeness (QED) is 0.685. The lowest BCUT2D eigenvalue weighted by atomic mass is 10.1. The number of hydrogen-bond acceptors (Lipinski definition) is 2. The number of rotatable bonds is 9. The van der Waals surface area contributed by atoms with Gasteiger partial charge in [-0.15, -0.1) is 0 Å². The first-order valence-corrected chi connectivity index (χ1v) is 7.85. The molecule has 1 fully saturated rings. The molecular formula is C17H28N2. The zero-order chi connectivity index (χ0) is 13.5. The summed E-state index contributed by atoms with van der Waals surface area (Å²) < 4.78 is 0. The van der Waals surface area contributed by atoms with Gasteiger partial charge in [0.15, 0.2) is 0 Å². The van der Waals surface area contributed by atoms with E-state index >= 15 is 0 Å². The van der Waals surface area contributed by atoms with Crippen LogP contribution in [0.2, 0.25) is 0 Å². The zero-order valence-electron chi connectivity index (χ0n) is 12.5. The van der Waals surface area contributed by atoms with E-state index in [2.05, 4.69) is 48.3 Å². The van der Waals surface area contributed by atoms with E-state index in [-0.39, 0.29) is 0 Å². The summed E-state index contributed by atoms with van der Waals surface area (Å²) in [6.45, 7) is 10.1. The number of nitrogens with one attached hydrogen (secondary N) is 1. The Hall–Kier alpha value is -0.860. The van der Waals surface area contributed by atoms with Crippen molar-refractivity contribution in [3.05, 3.63) is 35.4 Å². The second kappa shape index (κ2) is 7.66. The Balaban J connectivity index is 1.64. The number of hydrogen-bond donors (Lipinski definition) is 1. The highest BCUT2D eigenvalue weighted by atomic mass is 15.1. The van der Waals surface area contributed by atoms with Gasteiger partial charge in [0.1, 0.15) is 0 Å². The van der Waals surface area contributed by atoms with Crippen LogP contribution in [0.3, 0.4) is 0 Å². The standard InChI is InChI=1S/C17H28N2/c1-3-12-19(4-2)13-11-18-14-15-5-7-16(8-6-15)17-9-10-17/h5-8,17-18H,3-4,9-14H2,1-2H3. The Morgan fingerprint density at radius 3 is 2.42 bits per heavy atom. The molecule has 0 heterocycles. The van der Waals surface area contributed by atoms with Gasteiger partial charge < -0.3 is 10.2 Å². The van der Waals surface area contributed by atoms with Gasteiger partial charge in [0.25, 0.3) is 0 Å². The Morgan fingerprint density at radius 2 is 1.84 bits per heavy atom. The molecule has 0 radical (unpaired) electrons. The molecule has 1 aliphatic rings. The molecule has 0 aromatic heterocycles. The van der Waals surface area contributed by atoms with E-state index in [0.717, 1.165) is 32.1 Å². The van der Waals surface area contributed by atoms with E-state index in [1.54, 1.807) is 0 Å². The van der Waals surface area contributed by atoms with Crippen LogP contribution in [0, 0.1) is 0 Å². The van der Waals surface area contributed by atoms with Crippen molar-refractivity contribution in [2.75, 3.05) is 26.2 Å². The van der Waals surface area contributed by atoms with Gasteiger partial charge in [-0.1, -0.05) is 38.1 Å². The molecule has 2 nitrogen and oxygen atoms in total. The molecule has 1 N–H and O–H groups in total. The molecule has 0 atom stereocenters. The van der Waals surface area contributed by atoms with Crippen molar-refractivity contribution in [1.29, 1.82) is 0 Å². The first-order valence-electron chi connectivity index (χ1n) is 7.85. The topological polar surface area (TPSA) is 15.3 Å². The summed E-state index contributed by atoms with van der Waals surface area (Å²) in [6.07, 6.45) is 4.03. The van der Waals surface area contributed by atoms with Crippen molar-refractivity contribution in [3.8, 4) is 0 Å². The van der Waals surface area contributed by atoms with Gasteiger partial charge in [0, 0.05) is 19.6 Å². The van der Waals surface area contributed by atoms with Gasteiger partial charge >= 0.3 is 0 Å². The molecular weight excluding hydrogens is 232 g/mol. The number of benzene rings is 1. The highest BCUT2D eigenvalue weighted by Gasteiger charge is 2.22. The third-order valence-electron chi connectivity index (χ3n) is 3.95. The van der Waals surface area contributed by atoms with E-state index in [4.69, 9.17) is 0 Å². The first-order chi connectivity index (χ1) is 9.33. The molecule has 0 saturated heterocycles. The average Bonchev–Trinajstić information content (AvgIpc) is 3.27. The van der Waals surface area contributed by atoms with Crippen molar-refractivity contribution >= 4 is 0 Å². The van der Waals surface area contributed by atoms with E-state index in [1.807, 2.05) is 0 Å². The Bertz CT molecular complexity index is 354. The third kappa shape index (κ3) is 4.96. The fourth-order valence-corrected chi connectivity index (χ4v) is 2.54. The summed E-state index contributed by atoms with van der Waals surface area (Å²) in [7, 11) is 0. The smallest absolute Gasteiger partial charge is 0.0206 e. The Labute approximate surface area is 118 Å². The minimum absolute atomic E-state index is 0.870. The van der Waals surface area contributed by atoms with E-state index in [9.17, 15) is 0 Å². The van der Waals surface area contributed by atoms with Crippen LogP contribution in [0.15, 0.2) is 24.3 Å². The van der Waals surface area contributed by atoms with Gasteiger partial charge in [-0.25, -0.2) is 0 Å². The van der Waals surface area contributed by atoms with E-state index in [1.165, 1.54) is 36.9 Å². The van der Waals surface area contributed by atoms with Crippen molar-refractivity contribution in [3.63, 3.8) is 0 Å². The molecule has 0 amide bonds. The summed E-state index contributed by atoms with van der Waals surface area (Å²) >= 11 is 0. The molecule has 1 aromatic carbocycles. The molecule has 0 unspecified atom stereocenters. The second-order valence-electron chi connectivity index (χ2n) is 5.63. The summed E-state index contributed by atoms with van der Waals surface area (Å²) in [5.41, 5.74) is 2.94. The zero-order valence-corrected chi connectivity index (χ0v) is 12.5. The van der Waals surface area contributed by atoms with Crippen LogP contribution in [0.25, 0.3) is 0 Å². The molecule has 0 aliphatic heterocycles. The molecule has 0 spiro atoms. The van der Waals surface area contributed by atoms with Crippen LogP contribution in [-0.2, 0) is 6.54 Å². The predicted molar refractivity (Wildman–Crippen MR) is 82.5 cm³/mol. The SMILES string of the molecule is CCCN(CC)CCNCc1ccc(C2CC2)cc1. The van der Waals surface area contributed by atoms with Gasteiger partial charge in [0.2, 0.25) is 0 Å². The molecule has 1 aromatic rings. The van der Waals surface area contributed by atoms with Crippen LogP contribution >= 0.6 is 0 Å². The minimum Gasteiger partial charge on any atom is -0.311 e. The maximum Gasteiger partial charge on any atom is 0.0206 e. The molecule has 106 valence electrons. The molecule has 19 heavy (non-hydrogen) atoms. The summed E-state index contributed by atoms with van der Waals surface area (Å²) in [4.78, 5) is 2.50. The highest BCUT2D eigenvalue weighted by molar-refractivity contribution is 5.27. The summed E-state index contributed by atoms with van der Waals surface area (Å²) in [5, 5.41) is 3.55. The average molecular weight is 260 g/mol. The minimum atomic E-state index is 0.870. The largest absolute Gasteiger partial charge is 0.311 e. The maximum absolute atomic E-state index is 3.55. The Morgan fingerprint density at radius 1 is 1.11 bits per heavy atom. The highest BCUT2D eigenvalue weighted by Crippen LogP contribution is 2.39. The van der Waals surface area contributed by atoms with E-state index in [0.29, 0.717) is 0 Å². The van der Waals surface area contributed by atoms with Crippen LogP contribution in [0.5, 0.6) is 0 Å². The Kier molecular flexibility index (Phi) is 5.87. The second-order valence-corrected chi connectivity index (χ2v) is 5.63. The summed E-state index contributed by atoms with van der Waals surface area (Å²) in [6, 6.07) is 9.18. The lowest BCUT2D eigenvalue weighted by Gasteiger charge is -2.19. The van der Waals surface area contributed by atoms with Crippen LogP contribution < -0.4 is 5.32 Å². The predicted octanol–water partition coefficient (Wildman–Crippen LogP) is 3.39. The van der Waals surface area contributed by atoms with Crippen LogP contribution in [0.4, 0.5) is 0 Å². The fraction of sp³-hybridized carbons (Fsp3) is 0.647. The molecule has 0 bridgehead atoms. The fourth-order valence-electron chi connectivity index (χ4n) is 2.54. The van der Waals surface area contributed by atoms with Gasteiger partial charge in [-0.2, -0.15) is 0 Å². The molecule has 2 heteroatoms. The van der Waals surface area contributed by atoms with E-state index < -0.39 is 0 Å². The van der Waals surface area contributed by atoms with Crippen molar-refractivity contribution in [2.45, 2.75) is 45.6 Å². The van der Waals surface area contributed by atoms with Crippen LogP contribution in [-0.4, -0.2) is 31.1 Å². The van der Waals surface area contributed by atoms with Gasteiger partial charge in [-0.05, 0) is 49.4 Å². The van der Waals surface area contributed by atoms with Crippen molar-refractivity contribution < 1.29 is 0 Å². The molecule has 1 saturated carbocycles. The van der Waals surface area contributed by atoms with Gasteiger partial charge in [-0.3, -0.25) is 0 Å². The first kappa shape index (κ1) is 14.5.